The minimum Gasteiger partial charge on any atom is -0.324 e. The molecule has 21 heavy (non-hydrogen) atoms. The fourth-order valence-electron chi connectivity index (χ4n) is 4.14. The van der Waals surface area contributed by atoms with E-state index in [-0.39, 0.29) is 6.04 Å². The molecule has 0 bridgehead atoms. The molecule has 0 radical (unpaired) electrons. The molecule has 5 nitrogen and oxygen atoms in total. The largest absolute Gasteiger partial charge is 0.324 e. The van der Waals surface area contributed by atoms with Crippen molar-refractivity contribution in [2.45, 2.75) is 31.7 Å². The molecule has 1 aromatic heterocycles. The minimum absolute atomic E-state index is 0.0259. The molecule has 110 valence electrons. The summed E-state index contributed by atoms with van der Waals surface area (Å²) in [6, 6.07) is 5.72. The predicted octanol–water partition coefficient (Wildman–Crippen LogP) is 1.65. The van der Waals surface area contributed by atoms with E-state index >= 15 is 0 Å². The lowest BCUT2D eigenvalue weighted by atomic mass is 10.0. The first-order valence-electron chi connectivity index (χ1n) is 7.67. The summed E-state index contributed by atoms with van der Waals surface area (Å²) in [7, 11) is 0. The normalized spacial score (nSPS) is 29.1. The molecule has 4 N–H and O–H groups in total. The number of hydrogen-bond donors (Lipinski definition) is 3. The van der Waals surface area contributed by atoms with Crippen molar-refractivity contribution in [2.24, 2.45) is 23.5 Å². The monoisotopic (exact) mass is 285 g/mol. The van der Waals surface area contributed by atoms with Crippen molar-refractivity contribution in [1.29, 1.82) is 0 Å². The van der Waals surface area contributed by atoms with Gasteiger partial charge in [0.15, 0.2) is 0 Å². The van der Waals surface area contributed by atoms with Crippen LogP contribution in [0, 0.1) is 17.8 Å². The molecular weight excluding hydrogens is 266 g/mol. The van der Waals surface area contributed by atoms with E-state index in [4.69, 9.17) is 5.73 Å². The molecule has 3 atom stereocenters. The van der Waals surface area contributed by atoms with Crippen LogP contribution in [0.25, 0.3) is 11.0 Å². The summed E-state index contributed by atoms with van der Waals surface area (Å²) < 4.78 is 0. The van der Waals surface area contributed by atoms with Crippen LogP contribution in [-0.2, 0) is 0 Å². The second-order valence-corrected chi connectivity index (χ2v) is 6.43. The summed E-state index contributed by atoms with van der Waals surface area (Å²) in [4.78, 5) is 28.0. The highest BCUT2D eigenvalue weighted by atomic mass is 16.2. The van der Waals surface area contributed by atoms with Crippen LogP contribution < -0.4 is 16.9 Å². The SMILES string of the molecule is NC(c1ccc2[nH]c(=O)c(=O)[nH]c2c1)C1C2CCCCC21. The zero-order valence-electron chi connectivity index (χ0n) is 11.8. The Balaban J connectivity index is 1.69. The van der Waals surface area contributed by atoms with Gasteiger partial charge >= 0.3 is 11.1 Å². The first-order chi connectivity index (χ1) is 10.1. The van der Waals surface area contributed by atoms with Gasteiger partial charge in [0.25, 0.3) is 0 Å². The molecule has 0 saturated heterocycles. The Morgan fingerprint density at radius 2 is 1.62 bits per heavy atom. The number of rotatable bonds is 2. The Morgan fingerprint density at radius 1 is 1.00 bits per heavy atom. The van der Waals surface area contributed by atoms with Gasteiger partial charge < -0.3 is 15.7 Å². The maximum atomic E-state index is 11.4. The van der Waals surface area contributed by atoms with Crippen molar-refractivity contribution in [2.75, 3.05) is 0 Å². The van der Waals surface area contributed by atoms with Crippen molar-refractivity contribution in [1.82, 2.24) is 9.97 Å². The van der Waals surface area contributed by atoms with Gasteiger partial charge in [-0.15, -0.1) is 0 Å². The molecular formula is C16H19N3O2. The first kappa shape index (κ1) is 12.8. The van der Waals surface area contributed by atoms with Gasteiger partial charge in [-0.2, -0.15) is 0 Å². The molecule has 4 rings (SSSR count). The maximum absolute atomic E-state index is 11.4. The van der Waals surface area contributed by atoms with E-state index in [9.17, 15) is 9.59 Å². The zero-order valence-corrected chi connectivity index (χ0v) is 11.8. The fourth-order valence-corrected chi connectivity index (χ4v) is 4.14. The average Bonchev–Trinajstić information content (AvgIpc) is 3.21. The lowest BCUT2D eigenvalue weighted by molar-refractivity contribution is 0.480. The van der Waals surface area contributed by atoms with E-state index in [1.54, 1.807) is 0 Å². The topological polar surface area (TPSA) is 91.7 Å². The summed E-state index contributed by atoms with van der Waals surface area (Å²) in [5.41, 5.74) is 7.56. The Kier molecular flexibility index (Phi) is 2.79. The molecule has 2 aromatic rings. The number of nitrogens with one attached hydrogen (secondary N) is 2. The molecule has 0 aliphatic heterocycles. The zero-order chi connectivity index (χ0) is 14.6. The Bertz CT molecular complexity index is 795. The number of fused-ring (bicyclic) bond motifs is 2. The molecule has 2 aliphatic rings. The van der Waals surface area contributed by atoms with Crippen molar-refractivity contribution in [3.63, 3.8) is 0 Å². The van der Waals surface area contributed by atoms with Crippen LogP contribution in [0.1, 0.15) is 37.3 Å². The van der Waals surface area contributed by atoms with E-state index in [0.29, 0.717) is 17.0 Å². The van der Waals surface area contributed by atoms with Gasteiger partial charge in [-0.1, -0.05) is 18.9 Å². The van der Waals surface area contributed by atoms with Crippen LogP contribution in [0.4, 0.5) is 0 Å². The van der Waals surface area contributed by atoms with E-state index < -0.39 is 11.1 Å². The summed E-state index contributed by atoms with van der Waals surface area (Å²) in [6.07, 6.45) is 5.27. The third-order valence-electron chi connectivity index (χ3n) is 5.27. The Labute approximate surface area is 121 Å². The predicted molar refractivity (Wildman–Crippen MR) is 81.1 cm³/mol. The standard InChI is InChI=1S/C16H19N3O2/c17-14(13-9-3-1-2-4-10(9)13)8-5-6-11-12(7-8)19-16(21)15(20)18-11/h5-7,9-10,13-14H,1-4,17H2,(H,18,20)(H,19,21). The van der Waals surface area contributed by atoms with Crippen LogP contribution in [-0.4, -0.2) is 9.97 Å². The van der Waals surface area contributed by atoms with Crippen LogP contribution in [0.3, 0.4) is 0 Å². The highest BCUT2D eigenvalue weighted by Crippen LogP contribution is 2.59. The molecule has 2 fully saturated rings. The van der Waals surface area contributed by atoms with Crippen molar-refractivity contribution in [3.05, 3.63) is 44.5 Å². The molecule has 2 aliphatic carbocycles. The van der Waals surface area contributed by atoms with E-state index in [1.165, 1.54) is 25.7 Å². The van der Waals surface area contributed by atoms with Crippen LogP contribution in [0.2, 0.25) is 0 Å². The first-order valence-corrected chi connectivity index (χ1v) is 7.67. The van der Waals surface area contributed by atoms with Gasteiger partial charge in [0.1, 0.15) is 0 Å². The maximum Gasteiger partial charge on any atom is 0.314 e. The molecule has 0 amide bonds. The van der Waals surface area contributed by atoms with Crippen molar-refractivity contribution < 1.29 is 0 Å². The van der Waals surface area contributed by atoms with Gasteiger partial charge in [0, 0.05) is 6.04 Å². The van der Waals surface area contributed by atoms with Gasteiger partial charge in [-0.3, -0.25) is 9.59 Å². The lowest BCUT2D eigenvalue weighted by Crippen LogP contribution is -2.29. The van der Waals surface area contributed by atoms with E-state index in [0.717, 1.165) is 17.4 Å². The van der Waals surface area contributed by atoms with Gasteiger partial charge in [0.05, 0.1) is 11.0 Å². The van der Waals surface area contributed by atoms with Gasteiger partial charge in [-0.05, 0) is 48.3 Å². The van der Waals surface area contributed by atoms with E-state index in [1.807, 2.05) is 18.2 Å². The van der Waals surface area contributed by atoms with Gasteiger partial charge in [-0.25, -0.2) is 0 Å². The molecule has 1 aromatic carbocycles. The van der Waals surface area contributed by atoms with E-state index in [2.05, 4.69) is 9.97 Å². The van der Waals surface area contributed by atoms with Crippen LogP contribution in [0.5, 0.6) is 0 Å². The average molecular weight is 285 g/mol. The number of aromatic nitrogens is 2. The number of hydrogen-bond acceptors (Lipinski definition) is 3. The second-order valence-electron chi connectivity index (χ2n) is 6.43. The van der Waals surface area contributed by atoms with Gasteiger partial charge in [0.2, 0.25) is 0 Å². The second kappa shape index (κ2) is 4.56. The minimum atomic E-state index is -0.618. The van der Waals surface area contributed by atoms with Crippen LogP contribution in [0.15, 0.2) is 27.8 Å². The lowest BCUT2D eigenvalue weighted by Gasteiger charge is -2.12. The third-order valence-corrected chi connectivity index (χ3v) is 5.27. The number of nitrogens with two attached hydrogens (primary N) is 1. The highest BCUT2D eigenvalue weighted by Gasteiger charge is 2.53. The van der Waals surface area contributed by atoms with Crippen LogP contribution >= 0.6 is 0 Å². The fraction of sp³-hybridized carbons (Fsp3) is 0.500. The Morgan fingerprint density at radius 3 is 2.29 bits per heavy atom. The molecule has 1 heterocycles. The smallest absolute Gasteiger partial charge is 0.314 e. The molecule has 3 unspecified atom stereocenters. The third kappa shape index (κ3) is 2.03. The van der Waals surface area contributed by atoms with Crippen molar-refractivity contribution in [3.8, 4) is 0 Å². The summed E-state index contributed by atoms with van der Waals surface area (Å²) in [5, 5.41) is 0. The molecule has 5 heteroatoms. The number of benzene rings is 1. The number of H-pyrrole nitrogens is 2. The van der Waals surface area contributed by atoms with Crippen molar-refractivity contribution >= 4 is 11.0 Å². The highest BCUT2D eigenvalue weighted by molar-refractivity contribution is 5.74. The Hall–Kier alpha value is -1.88. The quantitative estimate of drug-likeness (QED) is 0.733. The molecule has 2 saturated carbocycles. The summed E-state index contributed by atoms with van der Waals surface area (Å²) in [5.74, 6) is 2.16. The summed E-state index contributed by atoms with van der Waals surface area (Å²) >= 11 is 0. The molecule has 0 spiro atoms. The summed E-state index contributed by atoms with van der Waals surface area (Å²) in [6.45, 7) is 0. The number of aromatic amines is 2.